The Kier molecular flexibility index (Phi) is 4.32. The summed E-state index contributed by atoms with van der Waals surface area (Å²) in [6, 6.07) is 12.5. The highest BCUT2D eigenvalue weighted by atomic mass is 32.2. The molecule has 28 heavy (non-hydrogen) atoms. The van der Waals surface area contributed by atoms with Crippen molar-refractivity contribution < 1.29 is 13.5 Å². The van der Waals surface area contributed by atoms with E-state index in [4.69, 9.17) is 0 Å². The van der Waals surface area contributed by atoms with Gasteiger partial charge < -0.3 is 9.67 Å². The first-order valence-corrected chi connectivity index (χ1v) is 10.6. The van der Waals surface area contributed by atoms with Gasteiger partial charge in [0.25, 0.3) is 0 Å². The van der Waals surface area contributed by atoms with Crippen LogP contribution in [-0.2, 0) is 16.9 Å². The number of hydrogen-bond acceptors (Lipinski definition) is 5. The Hall–Kier alpha value is -2.97. The molecular formula is C20H20N4O3S. The van der Waals surface area contributed by atoms with E-state index in [0.29, 0.717) is 11.6 Å². The van der Waals surface area contributed by atoms with Gasteiger partial charge in [-0.1, -0.05) is 0 Å². The van der Waals surface area contributed by atoms with E-state index in [-0.39, 0.29) is 4.90 Å². The van der Waals surface area contributed by atoms with Crippen molar-refractivity contribution in [1.29, 1.82) is 0 Å². The molecule has 4 aromatic rings. The SMILES string of the molecule is CC(O)c1nc2cc(-n3ccnc3-c3ccc(S(C)(=O)=O)cc3)ccc2n1C. The second-order valence-electron chi connectivity index (χ2n) is 6.80. The van der Waals surface area contributed by atoms with Crippen molar-refractivity contribution in [2.24, 2.45) is 7.05 Å². The van der Waals surface area contributed by atoms with Crippen LogP contribution >= 0.6 is 0 Å². The monoisotopic (exact) mass is 396 g/mol. The van der Waals surface area contributed by atoms with Crippen molar-refractivity contribution in [2.75, 3.05) is 6.26 Å². The molecule has 0 saturated carbocycles. The summed E-state index contributed by atoms with van der Waals surface area (Å²) in [6.07, 6.45) is 4.08. The zero-order valence-electron chi connectivity index (χ0n) is 15.7. The largest absolute Gasteiger partial charge is 0.385 e. The fourth-order valence-electron chi connectivity index (χ4n) is 3.31. The van der Waals surface area contributed by atoms with Crippen LogP contribution in [0.5, 0.6) is 0 Å². The Labute approximate surface area is 162 Å². The Morgan fingerprint density at radius 1 is 1.11 bits per heavy atom. The molecule has 1 unspecified atom stereocenters. The first-order chi connectivity index (χ1) is 13.3. The van der Waals surface area contributed by atoms with Crippen LogP contribution in [0.2, 0.25) is 0 Å². The van der Waals surface area contributed by atoms with E-state index in [1.807, 2.05) is 40.6 Å². The molecule has 8 heteroatoms. The quantitative estimate of drug-likeness (QED) is 0.573. The molecule has 0 radical (unpaired) electrons. The smallest absolute Gasteiger partial charge is 0.175 e. The molecule has 0 fully saturated rings. The molecule has 0 bridgehead atoms. The number of aliphatic hydroxyl groups is 1. The number of aryl methyl sites for hydroxylation is 1. The Morgan fingerprint density at radius 3 is 2.46 bits per heavy atom. The summed E-state index contributed by atoms with van der Waals surface area (Å²) in [6.45, 7) is 1.69. The minimum atomic E-state index is -3.24. The Bertz CT molecular complexity index is 1270. The summed E-state index contributed by atoms with van der Waals surface area (Å²) >= 11 is 0. The van der Waals surface area contributed by atoms with E-state index in [9.17, 15) is 13.5 Å². The number of rotatable bonds is 4. The van der Waals surface area contributed by atoms with Gasteiger partial charge in [0.1, 0.15) is 17.8 Å². The van der Waals surface area contributed by atoms with Gasteiger partial charge in [0.2, 0.25) is 0 Å². The van der Waals surface area contributed by atoms with Crippen LogP contribution in [0.15, 0.2) is 59.8 Å². The third kappa shape index (κ3) is 3.10. The zero-order chi connectivity index (χ0) is 20.1. The molecule has 1 N–H and O–H groups in total. The normalized spacial score (nSPS) is 13.1. The van der Waals surface area contributed by atoms with Crippen LogP contribution < -0.4 is 0 Å². The maximum absolute atomic E-state index is 11.7. The van der Waals surface area contributed by atoms with Gasteiger partial charge in [0.05, 0.1) is 15.9 Å². The van der Waals surface area contributed by atoms with Gasteiger partial charge in [-0.3, -0.25) is 4.57 Å². The van der Waals surface area contributed by atoms with Gasteiger partial charge in [0.15, 0.2) is 9.84 Å². The molecule has 144 valence electrons. The number of fused-ring (bicyclic) bond motifs is 1. The highest BCUT2D eigenvalue weighted by molar-refractivity contribution is 7.90. The van der Waals surface area contributed by atoms with E-state index in [1.54, 1.807) is 37.4 Å². The molecule has 7 nitrogen and oxygen atoms in total. The highest BCUT2D eigenvalue weighted by Crippen LogP contribution is 2.26. The van der Waals surface area contributed by atoms with Crippen molar-refractivity contribution in [2.45, 2.75) is 17.9 Å². The Balaban J connectivity index is 1.79. The lowest BCUT2D eigenvalue weighted by Crippen LogP contribution is -2.01. The third-order valence-corrected chi connectivity index (χ3v) is 5.86. The van der Waals surface area contributed by atoms with Gasteiger partial charge in [0, 0.05) is 36.9 Å². The van der Waals surface area contributed by atoms with Crippen molar-refractivity contribution in [3.05, 3.63) is 60.7 Å². The zero-order valence-corrected chi connectivity index (χ0v) is 16.6. The number of benzene rings is 2. The maximum atomic E-state index is 11.7. The summed E-state index contributed by atoms with van der Waals surface area (Å²) in [5.41, 5.74) is 3.40. The van der Waals surface area contributed by atoms with Crippen molar-refractivity contribution in [3.63, 3.8) is 0 Å². The van der Waals surface area contributed by atoms with Crippen LogP contribution in [0, 0.1) is 0 Å². The molecule has 0 amide bonds. The molecule has 0 aliphatic heterocycles. The van der Waals surface area contributed by atoms with Gasteiger partial charge >= 0.3 is 0 Å². The molecule has 0 spiro atoms. The summed E-state index contributed by atoms with van der Waals surface area (Å²) in [5, 5.41) is 9.89. The number of hydrogen-bond donors (Lipinski definition) is 1. The lowest BCUT2D eigenvalue weighted by Gasteiger charge is -2.09. The maximum Gasteiger partial charge on any atom is 0.175 e. The van der Waals surface area contributed by atoms with Crippen molar-refractivity contribution >= 4 is 20.9 Å². The van der Waals surface area contributed by atoms with Gasteiger partial charge in [-0.15, -0.1) is 0 Å². The topological polar surface area (TPSA) is 90.0 Å². The predicted molar refractivity (Wildman–Crippen MR) is 107 cm³/mol. The first kappa shape index (κ1) is 18.4. The second kappa shape index (κ2) is 6.57. The summed E-state index contributed by atoms with van der Waals surface area (Å²) in [5.74, 6) is 1.31. The van der Waals surface area contributed by atoms with Crippen LogP contribution in [0.3, 0.4) is 0 Å². The molecule has 2 heterocycles. The number of nitrogens with zero attached hydrogens (tertiary/aromatic N) is 4. The summed E-state index contributed by atoms with van der Waals surface area (Å²) in [4.78, 5) is 9.24. The van der Waals surface area contributed by atoms with E-state index < -0.39 is 15.9 Å². The standard InChI is InChI=1S/C20H20N4O3S/c1-13(25)19-22-17-12-15(6-9-18(17)23(19)2)24-11-10-21-20(24)14-4-7-16(8-5-14)28(3,26)27/h4-13,25H,1-3H3. The minimum Gasteiger partial charge on any atom is -0.385 e. The van der Waals surface area contributed by atoms with Crippen molar-refractivity contribution in [1.82, 2.24) is 19.1 Å². The van der Waals surface area contributed by atoms with Crippen LogP contribution in [0.4, 0.5) is 0 Å². The molecule has 0 saturated heterocycles. The molecule has 2 aromatic carbocycles. The minimum absolute atomic E-state index is 0.273. The average Bonchev–Trinajstić information content (AvgIpc) is 3.26. The third-order valence-electron chi connectivity index (χ3n) is 4.73. The number of aromatic nitrogens is 4. The molecular weight excluding hydrogens is 376 g/mol. The van der Waals surface area contributed by atoms with Crippen LogP contribution in [0.25, 0.3) is 28.1 Å². The summed E-state index contributed by atoms with van der Waals surface area (Å²) in [7, 11) is -1.36. The van der Waals surface area contributed by atoms with Crippen molar-refractivity contribution in [3.8, 4) is 17.1 Å². The van der Waals surface area contributed by atoms with E-state index in [1.165, 1.54) is 6.26 Å². The number of imidazole rings is 2. The van der Waals surface area contributed by atoms with Gasteiger partial charge in [-0.2, -0.15) is 0 Å². The van der Waals surface area contributed by atoms with Gasteiger partial charge in [-0.05, 0) is 49.4 Å². The molecule has 1 atom stereocenters. The number of sulfone groups is 1. The van der Waals surface area contributed by atoms with E-state index >= 15 is 0 Å². The molecule has 0 aliphatic carbocycles. The average molecular weight is 396 g/mol. The second-order valence-corrected chi connectivity index (χ2v) is 8.81. The fraction of sp³-hybridized carbons (Fsp3) is 0.200. The highest BCUT2D eigenvalue weighted by Gasteiger charge is 2.15. The fourth-order valence-corrected chi connectivity index (χ4v) is 3.94. The van der Waals surface area contributed by atoms with E-state index in [2.05, 4.69) is 9.97 Å². The predicted octanol–water partition coefficient (Wildman–Crippen LogP) is 2.88. The molecule has 4 rings (SSSR count). The van der Waals surface area contributed by atoms with Crippen LogP contribution in [-0.4, -0.2) is 38.9 Å². The Morgan fingerprint density at radius 2 is 1.82 bits per heavy atom. The molecule has 2 aromatic heterocycles. The van der Waals surface area contributed by atoms with Gasteiger partial charge in [-0.25, -0.2) is 18.4 Å². The number of aliphatic hydroxyl groups excluding tert-OH is 1. The van der Waals surface area contributed by atoms with Crippen LogP contribution in [0.1, 0.15) is 18.9 Å². The lowest BCUT2D eigenvalue weighted by molar-refractivity contribution is 0.186. The lowest BCUT2D eigenvalue weighted by atomic mass is 10.2. The first-order valence-electron chi connectivity index (χ1n) is 8.74. The molecule has 0 aliphatic rings. The summed E-state index contributed by atoms with van der Waals surface area (Å²) < 4.78 is 27.1. The van der Waals surface area contributed by atoms with E-state index in [0.717, 1.165) is 22.3 Å².